The first-order valence-electron chi connectivity index (χ1n) is 5.28. The van der Waals surface area contributed by atoms with Crippen molar-refractivity contribution in [2.24, 2.45) is 11.7 Å². The van der Waals surface area contributed by atoms with Crippen LogP contribution in [0.1, 0.15) is 32.6 Å². The molecule has 0 heterocycles. The standard InChI is InChI=1S/C10H20N2O3/c1-2-8(5-6-11)3-4-9(13)12-7-10(14)15/h8H,2-7,11H2,1H3,(H,12,13)(H,14,15). The van der Waals surface area contributed by atoms with Gasteiger partial charge in [0.15, 0.2) is 0 Å². The zero-order valence-corrected chi connectivity index (χ0v) is 9.16. The van der Waals surface area contributed by atoms with Gasteiger partial charge in [-0.1, -0.05) is 13.3 Å². The summed E-state index contributed by atoms with van der Waals surface area (Å²) < 4.78 is 0. The minimum Gasteiger partial charge on any atom is -0.480 e. The van der Waals surface area contributed by atoms with Crippen LogP contribution in [0.2, 0.25) is 0 Å². The Morgan fingerprint density at radius 1 is 1.40 bits per heavy atom. The van der Waals surface area contributed by atoms with Gasteiger partial charge in [-0.05, 0) is 25.3 Å². The summed E-state index contributed by atoms with van der Waals surface area (Å²) in [5.74, 6) is -0.754. The van der Waals surface area contributed by atoms with Gasteiger partial charge in [-0.25, -0.2) is 0 Å². The molecular formula is C10H20N2O3. The summed E-state index contributed by atoms with van der Waals surface area (Å²) in [5.41, 5.74) is 5.43. The van der Waals surface area contributed by atoms with Crippen LogP contribution in [0.3, 0.4) is 0 Å². The highest BCUT2D eigenvalue weighted by Crippen LogP contribution is 2.13. The van der Waals surface area contributed by atoms with Crippen molar-refractivity contribution >= 4 is 11.9 Å². The van der Waals surface area contributed by atoms with Gasteiger partial charge in [-0.15, -0.1) is 0 Å². The zero-order valence-electron chi connectivity index (χ0n) is 9.16. The lowest BCUT2D eigenvalue weighted by Gasteiger charge is -2.12. The topological polar surface area (TPSA) is 92.4 Å². The molecule has 4 N–H and O–H groups in total. The van der Waals surface area contributed by atoms with Crippen LogP contribution in [-0.4, -0.2) is 30.1 Å². The average molecular weight is 216 g/mol. The average Bonchev–Trinajstić information content (AvgIpc) is 2.21. The maximum atomic E-state index is 11.2. The molecule has 0 aromatic rings. The Morgan fingerprint density at radius 3 is 2.53 bits per heavy atom. The molecule has 5 nitrogen and oxygen atoms in total. The highest BCUT2D eigenvalue weighted by Gasteiger charge is 2.09. The van der Waals surface area contributed by atoms with Crippen LogP contribution in [0.25, 0.3) is 0 Å². The summed E-state index contributed by atoms with van der Waals surface area (Å²) in [6.07, 6.45) is 3.08. The van der Waals surface area contributed by atoms with E-state index in [1.54, 1.807) is 0 Å². The quantitative estimate of drug-likeness (QED) is 0.545. The Hall–Kier alpha value is -1.10. The van der Waals surface area contributed by atoms with E-state index in [9.17, 15) is 9.59 Å². The highest BCUT2D eigenvalue weighted by molar-refractivity contribution is 5.80. The number of aliphatic carboxylic acids is 1. The number of nitrogens with two attached hydrogens (primary N) is 1. The molecule has 0 aromatic carbocycles. The largest absolute Gasteiger partial charge is 0.480 e. The van der Waals surface area contributed by atoms with Gasteiger partial charge < -0.3 is 16.2 Å². The van der Waals surface area contributed by atoms with E-state index in [1.807, 2.05) is 0 Å². The first-order valence-corrected chi connectivity index (χ1v) is 5.28. The van der Waals surface area contributed by atoms with Crippen molar-refractivity contribution in [1.29, 1.82) is 0 Å². The van der Waals surface area contributed by atoms with Crippen LogP contribution in [0.5, 0.6) is 0 Å². The van der Waals surface area contributed by atoms with E-state index in [0.29, 0.717) is 18.9 Å². The highest BCUT2D eigenvalue weighted by atomic mass is 16.4. The Kier molecular flexibility index (Phi) is 7.62. The van der Waals surface area contributed by atoms with Gasteiger partial charge in [0.05, 0.1) is 0 Å². The number of rotatable bonds is 8. The molecule has 88 valence electrons. The van der Waals surface area contributed by atoms with Gasteiger partial charge in [0.1, 0.15) is 6.54 Å². The number of carbonyl (C=O) groups excluding carboxylic acids is 1. The van der Waals surface area contributed by atoms with Gasteiger partial charge >= 0.3 is 5.97 Å². The SMILES string of the molecule is CCC(CCN)CCC(=O)NCC(=O)O. The molecule has 0 aromatic heterocycles. The summed E-state index contributed by atoms with van der Waals surface area (Å²) in [5, 5.41) is 10.7. The van der Waals surface area contributed by atoms with E-state index in [-0.39, 0.29) is 12.5 Å². The molecule has 0 saturated carbocycles. The molecule has 0 aliphatic heterocycles. The molecule has 0 aliphatic rings. The fourth-order valence-corrected chi connectivity index (χ4v) is 1.39. The Morgan fingerprint density at radius 2 is 2.07 bits per heavy atom. The van der Waals surface area contributed by atoms with E-state index >= 15 is 0 Å². The van der Waals surface area contributed by atoms with Crippen molar-refractivity contribution in [1.82, 2.24) is 5.32 Å². The normalized spacial score (nSPS) is 12.1. The molecule has 5 heteroatoms. The zero-order chi connectivity index (χ0) is 11.7. The van der Waals surface area contributed by atoms with Gasteiger partial charge in [0.25, 0.3) is 0 Å². The second-order valence-corrected chi connectivity index (χ2v) is 3.56. The Labute approximate surface area is 90.0 Å². The molecule has 0 spiro atoms. The molecule has 0 saturated heterocycles. The fraction of sp³-hybridized carbons (Fsp3) is 0.800. The van der Waals surface area contributed by atoms with E-state index in [4.69, 9.17) is 10.8 Å². The molecule has 0 radical (unpaired) electrons. The predicted octanol–water partition coefficient (Wildman–Crippen LogP) is 0.342. The van der Waals surface area contributed by atoms with Crippen molar-refractivity contribution in [3.63, 3.8) is 0 Å². The van der Waals surface area contributed by atoms with E-state index in [1.165, 1.54) is 0 Å². The third kappa shape index (κ3) is 7.93. The van der Waals surface area contributed by atoms with E-state index in [0.717, 1.165) is 19.3 Å². The first-order chi connectivity index (χ1) is 7.10. The van der Waals surface area contributed by atoms with Crippen molar-refractivity contribution in [3.8, 4) is 0 Å². The van der Waals surface area contributed by atoms with Crippen molar-refractivity contribution < 1.29 is 14.7 Å². The number of hydrogen-bond donors (Lipinski definition) is 3. The van der Waals surface area contributed by atoms with Gasteiger partial charge in [0.2, 0.25) is 5.91 Å². The van der Waals surface area contributed by atoms with Gasteiger partial charge in [-0.2, -0.15) is 0 Å². The molecule has 0 rings (SSSR count). The summed E-state index contributed by atoms with van der Waals surface area (Å²) in [4.78, 5) is 21.3. The summed E-state index contributed by atoms with van der Waals surface area (Å²) >= 11 is 0. The van der Waals surface area contributed by atoms with Crippen LogP contribution < -0.4 is 11.1 Å². The fourth-order valence-electron chi connectivity index (χ4n) is 1.39. The molecule has 0 bridgehead atoms. The number of nitrogens with one attached hydrogen (secondary N) is 1. The molecule has 1 atom stereocenters. The number of hydrogen-bond acceptors (Lipinski definition) is 3. The third-order valence-electron chi connectivity index (χ3n) is 2.37. The maximum absolute atomic E-state index is 11.2. The minimum atomic E-state index is -1.02. The van der Waals surface area contributed by atoms with Crippen LogP contribution in [0.15, 0.2) is 0 Å². The molecule has 15 heavy (non-hydrogen) atoms. The Balaban J connectivity index is 3.63. The first kappa shape index (κ1) is 13.9. The van der Waals surface area contributed by atoms with Gasteiger partial charge in [-0.3, -0.25) is 9.59 Å². The van der Waals surface area contributed by atoms with Crippen LogP contribution in [-0.2, 0) is 9.59 Å². The maximum Gasteiger partial charge on any atom is 0.322 e. The minimum absolute atomic E-state index is 0.201. The lowest BCUT2D eigenvalue weighted by Crippen LogP contribution is -2.29. The molecule has 1 unspecified atom stereocenters. The summed E-state index contributed by atoms with van der Waals surface area (Å²) in [6, 6.07) is 0. The molecule has 0 aliphatic carbocycles. The van der Waals surface area contributed by atoms with Crippen LogP contribution in [0, 0.1) is 5.92 Å². The Bertz CT molecular complexity index is 207. The predicted molar refractivity (Wildman–Crippen MR) is 57.3 cm³/mol. The summed E-state index contributed by atoms with van der Waals surface area (Å²) in [7, 11) is 0. The lowest BCUT2D eigenvalue weighted by atomic mass is 9.96. The summed E-state index contributed by atoms with van der Waals surface area (Å²) in [6.45, 7) is 2.40. The van der Waals surface area contributed by atoms with Crippen molar-refractivity contribution in [3.05, 3.63) is 0 Å². The van der Waals surface area contributed by atoms with Crippen LogP contribution >= 0.6 is 0 Å². The van der Waals surface area contributed by atoms with E-state index in [2.05, 4.69) is 12.2 Å². The smallest absolute Gasteiger partial charge is 0.322 e. The number of carboxylic acids is 1. The second-order valence-electron chi connectivity index (χ2n) is 3.56. The van der Waals surface area contributed by atoms with Crippen molar-refractivity contribution in [2.75, 3.05) is 13.1 Å². The van der Waals surface area contributed by atoms with E-state index < -0.39 is 5.97 Å². The number of amides is 1. The van der Waals surface area contributed by atoms with Gasteiger partial charge in [0, 0.05) is 6.42 Å². The second kappa shape index (κ2) is 8.23. The molecule has 0 fully saturated rings. The molecular weight excluding hydrogens is 196 g/mol. The number of carbonyl (C=O) groups is 2. The molecule has 1 amide bonds. The monoisotopic (exact) mass is 216 g/mol. The lowest BCUT2D eigenvalue weighted by molar-refractivity contribution is -0.138. The third-order valence-corrected chi connectivity index (χ3v) is 2.37. The number of carboxylic acid groups (broad SMARTS) is 1. The van der Waals surface area contributed by atoms with Crippen LogP contribution in [0.4, 0.5) is 0 Å². The van der Waals surface area contributed by atoms with Crippen molar-refractivity contribution in [2.45, 2.75) is 32.6 Å².